The van der Waals surface area contributed by atoms with E-state index in [0.717, 1.165) is 48.1 Å². The second-order valence-corrected chi connectivity index (χ2v) is 8.54. The van der Waals surface area contributed by atoms with E-state index in [0.29, 0.717) is 29.6 Å². The van der Waals surface area contributed by atoms with Crippen LogP contribution in [-0.2, 0) is 17.8 Å². The van der Waals surface area contributed by atoms with Gasteiger partial charge in [0.25, 0.3) is 0 Å². The summed E-state index contributed by atoms with van der Waals surface area (Å²) in [6.45, 7) is 1.25. The van der Waals surface area contributed by atoms with Crippen LogP contribution in [0.3, 0.4) is 0 Å². The molecule has 1 aliphatic carbocycles. The van der Waals surface area contributed by atoms with Gasteiger partial charge in [-0.05, 0) is 42.7 Å². The lowest BCUT2D eigenvalue weighted by molar-refractivity contribution is -0.125. The van der Waals surface area contributed by atoms with E-state index >= 15 is 0 Å². The summed E-state index contributed by atoms with van der Waals surface area (Å²) < 4.78 is 2.20. The number of para-hydroxylation sites is 2. The van der Waals surface area contributed by atoms with Gasteiger partial charge in [-0.1, -0.05) is 60.7 Å². The number of carbonyl (C=O) groups is 1. The Hall–Kier alpha value is -2.04. The van der Waals surface area contributed by atoms with Crippen LogP contribution >= 0.6 is 23.2 Å². The summed E-state index contributed by atoms with van der Waals surface area (Å²) in [4.78, 5) is 17.3. The van der Waals surface area contributed by atoms with Crippen LogP contribution in [0.5, 0.6) is 0 Å². The van der Waals surface area contributed by atoms with Crippen LogP contribution in [0.15, 0.2) is 42.5 Å². The van der Waals surface area contributed by atoms with Crippen molar-refractivity contribution in [2.24, 2.45) is 5.92 Å². The van der Waals surface area contributed by atoms with Crippen molar-refractivity contribution in [3.8, 4) is 0 Å². The molecular weight excluding hydrogens is 405 g/mol. The number of nitrogens with one attached hydrogen (secondary N) is 1. The fourth-order valence-electron chi connectivity index (χ4n) is 4.12. The molecule has 3 aromatic rings. The highest BCUT2D eigenvalue weighted by atomic mass is 35.5. The normalized spacial score (nSPS) is 15.0. The third-order valence-corrected chi connectivity index (χ3v) is 6.42. The smallest absolute Gasteiger partial charge is 0.223 e. The number of imidazole rings is 1. The van der Waals surface area contributed by atoms with E-state index in [-0.39, 0.29) is 11.8 Å². The number of benzene rings is 2. The molecule has 1 amide bonds. The molecule has 0 saturated heterocycles. The third-order valence-electron chi connectivity index (χ3n) is 5.68. The molecule has 29 heavy (non-hydrogen) atoms. The highest BCUT2D eigenvalue weighted by Gasteiger charge is 2.21. The van der Waals surface area contributed by atoms with E-state index < -0.39 is 0 Å². The topological polar surface area (TPSA) is 46.9 Å². The molecule has 0 spiro atoms. The van der Waals surface area contributed by atoms with Gasteiger partial charge in [-0.15, -0.1) is 0 Å². The van der Waals surface area contributed by atoms with Crippen LogP contribution in [-0.4, -0.2) is 22.0 Å². The molecule has 0 bridgehead atoms. The van der Waals surface area contributed by atoms with Crippen LogP contribution in [0.4, 0.5) is 0 Å². The molecule has 1 aliphatic rings. The minimum absolute atomic E-state index is 0.179. The average molecular weight is 430 g/mol. The van der Waals surface area contributed by atoms with E-state index in [1.165, 1.54) is 6.42 Å². The Morgan fingerprint density at radius 2 is 1.86 bits per heavy atom. The van der Waals surface area contributed by atoms with E-state index in [1.54, 1.807) is 0 Å². The maximum Gasteiger partial charge on any atom is 0.223 e. The predicted octanol–water partition coefficient (Wildman–Crippen LogP) is 5.63. The van der Waals surface area contributed by atoms with Crippen LogP contribution in [0.25, 0.3) is 11.0 Å². The zero-order valence-corrected chi connectivity index (χ0v) is 17.8. The Bertz CT molecular complexity index is 1010. The molecule has 4 rings (SSSR count). The van der Waals surface area contributed by atoms with E-state index in [2.05, 4.69) is 16.0 Å². The molecule has 0 aliphatic heterocycles. The van der Waals surface area contributed by atoms with Gasteiger partial charge < -0.3 is 9.88 Å². The SMILES string of the molecule is O=C(NCCc1nc2ccccc2n1Cc1ccc(Cl)c(Cl)c1)C1CCCCC1. The lowest BCUT2D eigenvalue weighted by Gasteiger charge is -2.20. The van der Waals surface area contributed by atoms with Crippen molar-refractivity contribution in [2.75, 3.05) is 6.54 Å². The van der Waals surface area contributed by atoms with Gasteiger partial charge in [-0.25, -0.2) is 4.98 Å². The maximum absolute atomic E-state index is 12.4. The van der Waals surface area contributed by atoms with Gasteiger partial charge in [0, 0.05) is 25.4 Å². The largest absolute Gasteiger partial charge is 0.355 e. The molecule has 2 aromatic carbocycles. The zero-order valence-electron chi connectivity index (χ0n) is 16.3. The number of halogens is 2. The van der Waals surface area contributed by atoms with Gasteiger partial charge in [0.1, 0.15) is 5.82 Å². The number of hydrogen-bond acceptors (Lipinski definition) is 2. The Morgan fingerprint density at radius 1 is 1.07 bits per heavy atom. The Kier molecular flexibility index (Phi) is 6.41. The highest BCUT2D eigenvalue weighted by Crippen LogP contribution is 2.25. The van der Waals surface area contributed by atoms with Crippen molar-refractivity contribution in [1.29, 1.82) is 0 Å². The van der Waals surface area contributed by atoms with E-state index in [1.807, 2.05) is 36.4 Å². The molecule has 1 N–H and O–H groups in total. The van der Waals surface area contributed by atoms with Crippen molar-refractivity contribution < 1.29 is 4.79 Å². The minimum Gasteiger partial charge on any atom is -0.355 e. The number of aromatic nitrogens is 2. The molecule has 1 fully saturated rings. The molecule has 4 nitrogen and oxygen atoms in total. The second-order valence-electron chi connectivity index (χ2n) is 7.73. The standard InChI is InChI=1S/C23H25Cl2N3O/c24-18-11-10-16(14-19(18)25)15-28-21-9-5-4-8-20(21)27-22(28)12-13-26-23(29)17-6-2-1-3-7-17/h4-5,8-11,14,17H,1-3,6-7,12-13,15H2,(H,26,29). The second kappa shape index (κ2) is 9.19. The first kappa shape index (κ1) is 20.2. The molecule has 0 unspecified atom stereocenters. The maximum atomic E-state index is 12.4. The van der Waals surface area contributed by atoms with Gasteiger partial charge in [0.2, 0.25) is 5.91 Å². The van der Waals surface area contributed by atoms with Crippen molar-refractivity contribution in [1.82, 2.24) is 14.9 Å². The summed E-state index contributed by atoms with van der Waals surface area (Å²) in [5, 5.41) is 4.23. The molecule has 1 saturated carbocycles. The molecule has 1 heterocycles. The first-order chi connectivity index (χ1) is 14.1. The molecule has 1 aromatic heterocycles. The summed E-state index contributed by atoms with van der Waals surface area (Å²) in [5.41, 5.74) is 3.10. The zero-order chi connectivity index (χ0) is 20.2. The highest BCUT2D eigenvalue weighted by molar-refractivity contribution is 6.42. The summed E-state index contributed by atoms with van der Waals surface area (Å²) in [5.74, 6) is 1.33. The molecule has 152 valence electrons. The van der Waals surface area contributed by atoms with Crippen LogP contribution in [0.1, 0.15) is 43.5 Å². The molecule has 6 heteroatoms. The number of amides is 1. The van der Waals surface area contributed by atoms with Gasteiger partial charge in [-0.2, -0.15) is 0 Å². The van der Waals surface area contributed by atoms with Crippen molar-refractivity contribution in [3.05, 3.63) is 63.9 Å². The Morgan fingerprint density at radius 3 is 2.66 bits per heavy atom. The lowest BCUT2D eigenvalue weighted by atomic mass is 9.89. The van der Waals surface area contributed by atoms with Crippen LogP contribution in [0, 0.1) is 5.92 Å². The third kappa shape index (κ3) is 4.76. The number of carbonyl (C=O) groups excluding carboxylic acids is 1. The van der Waals surface area contributed by atoms with Gasteiger partial charge >= 0.3 is 0 Å². The Labute approximate surface area is 181 Å². The summed E-state index contributed by atoms with van der Waals surface area (Å²) in [6, 6.07) is 13.8. The van der Waals surface area contributed by atoms with E-state index in [9.17, 15) is 4.79 Å². The van der Waals surface area contributed by atoms with Crippen LogP contribution < -0.4 is 5.32 Å². The van der Waals surface area contributed by atoms with Crippen molar-refractivity contribution >= 4 is 40.1 Å². The fourth-order valence-corrected chi connectivity index (χ4v) is 4.44. The monoisotopic (exact) mass is 429 g/mol. The summed E-state index contributed by atoms with van der Waals surface area (Å²) in [6.07, 6.45) is 6.30. The van der Waals surface area contributed by atoms with Gasteiger partial charge in [0.15, 0.2) is 0 Å². The Balaban J connectivity index is 1.50. The number of fused-ring (bicyclic) bond motifs is 1. The first-order valence-corrected chi connectivity index (χ1v) is 11.0. The number of nitrogens with zero attached hydrogens (tertiary/aromatic N) is 2. The average Bonchev–Trinajstić information content (AvgIpc) is 3.08. The van der Waals surface area contributed by atoms with Gasteiger partial charge in [0.05, 0.1) is 21.1 Å². The molecular formula is C23H25Cl2N3O. The fraction of sp³-hybridized carbons (Fsp3) is 0.391. The van der Waals surface area contributed by atoms with Crippen LogP contribution in [0.2, 0.25) is 10.0 Å². The summed E-state index contributed by atoms with van der Waals surface area (Å²) in [7, 11) is 0. The minimum atomic E-state index is 0.179. The van der Waals surface area contributed by atoms with Crippen molar-refractivity contribution in [3.63, 3.8) is 0 Å². The number of hydrogen-bond donors (Lipinski definition) is 1. The quantitative estimate of drug-likeness (QED) is 0.551. The van der Waals surface area contributed by atoms with E-state index in [4.69, 9.17) is 28.2 Å². The first-order valence-electron chi connectivity index (χ1n) is 10.3. The number of rotatable bonds is 6. The predicted molar refractivity (Wildman–Crippen MR) is 119 cm³/mol. The van der Waals surface area contributed by atoms with Crippen molar-refractivity contribution in [2.45, 2.75) is 45.1 Å². The van der Waals surface area contributed by atoms with Gasteiger partial charge in [-0.3, -0.25) is 4.79 Å². The molecule has 0 radical (unpaired) electrons. The summed E-state index contributed by atoms with van der Waals surface area (Å²) >= 11 is 12.3. The lowest BCUT2D eigenvalue weighted by Crippen LogP contribution is -2.33. The molecule has 0 atom stereocenters.